The van der Waals surface area contributed by atoms with Gasteiger partial charge in [0.25, 0.3) is 0 Å². The minimum atomic E-state index is -4.47. The minimum Gasteiger partial charge on any atom is -0.378 e. The number of alkyl halides is 3. The molecular formula is C13H19ClF3N5O2S. The number of hydrogen-bond donors (Lipinski definition) is 1. The van der Waals surface area contributed by atoms with Gasteiger partial charge in [-0.2, -0.15) is 13.2 Å². The van der Waals surface area contributed by atoms with Crippen LogP contribution in [0, 0.1) is 0 Å². The third kappa shape index (κ3) is 5.16. The largest absolute Gasteiger partial charge is 0.445 e. The third-order valence-corrected chi connectivity index (χ3v) is 5.01. The molecule has 1 unspecified atom stereocenters. The zero-order valence-corrected chi connectivity index (χ0v) is 14.9. The molecule has 7 nitrogen and oxygen atoms in total. The lowest BCUT2D eigenvalue weighted by Crippen LogP contribution is -2.51. The Morgan fingerprint density at radius 1 is 1.28 bits per heavy atom. The lowest BCUT2D eigenvalue weighted by Gasteiger charge is -2.35. The average molecular weight is 402 g/mol. The molecule has 12 heteroatoms. The topological polar surface area (TPSA) is 70.6 Å². The van der Waals surface area contributed by atoms with E-state index in [0.717, 1.165) is 6.54 Å². The third-order valence-electron chi connectivity index (χ3n) is 3.98. The molecule has 0 bridgehead atoms. The number of rotatable bonds is 3. The van der Waals surface area contributed by atoms with Crippen LogP contribution in [0.25, 0.3) is 0 Å². The fourth-order valence-electron chi connectivity index (χ4n) is 2.70. The molecule has 2 aliphatic heterocycles. The first-order chi connectivity index (χ1) is 11.4. The molecule has 3 rings (SSSR count). The minimum absolute atomic E-state index is 0. The maximum atomic E-state index is 12.6. The molecule has 1 atom stereocenters. The number of nitrogens with one attached hydrogen (secondary N) is 1. The van der Waals surface area contributed by atoms with Crippen molar-refractivity contribution in [3.63, 3.8) is 0 Å². The van der Waals surface area contributed by atoms with Gasteiger partial charge in [-0.3, -0.25) is 4.79 Å². The molecule has 25 heavy (non-hydrogen) atoms. The van der Waals surface area contributed by atoms with Crippen LogP contribution in [-0.4, -0.2) is 73.0 Å². The van der Waals surface area contributed by atoms with Gasteiger partial charge >= 0.3 is 6.18 Å². The van der Waals surface area contributed by atoms with Crippen molar-refractivity contribution < 1.29 is 22.7 Å². The standard InChI is InChI=1S/C13H18F3N5O2S.ClH/c14-13(15,16)11-18-19-12(24-11)21-4-2-20(3-5-21)10(22)7-9-8-23-6-1-17-9;/h9,17H,1-8H2;1H. The second kappa shape index (κ2) is 8.47. The van der Waals surface area contributed by atoms with Crippen LogP contribution in [0.1, 0.15) is 11.4 Å². The zero-order chi connectivity index (χ0) is 17.2. The monoisotopic (exact) mass is 401 g/mol. The number of halogens is 4. The summed E-state index contributed by atoms with van der Waals surface area (Å²) in [5.74, 6) is 0.0332. The molecule has 0 radical (unpaired) electrons. The summed E-state index contributed by atoms with van der Waals surface area (Å²) in [6, 6.07) is 0.0294. The van der Waals surface area contributed by atoms with Gasteiger partial charge in [-0.25, -0.2) is 0 Å². The first kappa shape index (κ1) is 20.1. The smallest absolute Gasteiger partial charge is 0.378 e. The summed E-state index contributed by atoms with van der Waals surface area (Å²) in [5, 5.41) is 9.34. The quantitative estimate of drug-likeness (QED) is 0.815. The fourth-order valence-corrected chi connectivity index (χ4v) is 3.46. The van der Waals surface area contributed by atoms with E-state index in [9.17, 15) is 18.0 Å². The van der Waals surface area contributed by atoms with Crippen LogP contribution in [0.15, 0.2) is 0 Å². The van der Waals surface area contributed by atoms with E-state index in [1.54, 1.807) is 9.80 Å². The van der Waals surface area contributed by atoms with E-state index in [1.807, 2.05) is 0 Å². The molecule has 0 saturated carbocycles. The van der Waals surface area contributed by atoms with Crippen LogP contribution in [0.3, 0.4) is 0 Å². The van der Waals surface area contributed by atoms with Crippen molar-refractivity contribution in [2.75, 3.05) is 50.8 Å². The summed E-state index contributed by atoms with van der Waals surface area (Å²) in [4.78, 5) is 15.8. The number of morpholine rings is 1. The van der Waals surface area contributed by atoms with E-state index < -0.39 is 11.2 Å². The summed E-state index contributed by atoms with van der Waals surface area (Å²) in [5.41, 5.74) is 0. The number of aromatic nitrogens is 2. The van der Waals surface area contributed by atoms with Crippen LogP contribution in [0.2, 0.25) is 0 Å². The molecule has 0 aliphatic carbocycles. The van der Waals surface area contributed by atoms with Gasteiger partial charge in [0.2, 0.25) is 16.0 Å². The Labute approximate surface area is 152 Å². The van der Waals surface area contributed by atoms with Gasteiger partial charge in [0.05, 0.1) is 13.2 Å². The predicted octanol–water partition coefficient (Wildman–Crippen LogP) is 1.01. The highest BCUT2D eigenvalue weighted by atomic mass is 35.5. The SMILES string of the molecule is Cl.O=C(CC1COCCN1)N1CCN(c2nnc(C(F)(F)F)s2)CC1. The molecule has 2 aliphatic rings. The van der Waals surface area contributed by atoms with Crippen molar-refractivity contribution in [1.29, 1.82) is 0 Å². The number of nitrogens with zero attached hydrogens (tertiary/aromatic N) is 4. The molecule has 0 spiro atoms. The Morgan fingerprint density at radius 2 is 2.00 bits per heavy atom. The summed E-state index contributed by atoms with van der Waals surface area (Å²) >= 11 is 0.533. The Hall–Kier alpha value is -1.17. The normalized spacial score (nSPS) is 21.8. The van der Waals surface area contributed by atoms with Crippen LogP contribution in [0.4, 0.5) is 18.3 Å². The molecule has 142 valence electrons. The Balaban J connectivity index is 0.00000225. The second-order valence-corrected chi connectivity index (χ2v) is 6.64. The van der Waals surface area contributed by atoms with E-state index in [0.29, 0.717) is 57.2 Å². The molecule has 1 aromatic rings. The molecule has 2 saturated heterocycles. The summed E-state index contributed by atoms with van der Waals surface area (Å²) in [7, 11) is 0. The number of ether oxygens (including phenoxy) is 1. The highest BCUT2D eigenvalue weighted by Crippen LogP contribution is 2.34. The van der Waals surface area contributed by atoms with Crippen molar-refractivity contribution in [3.8, 4) is 0 Å². The number of carbonyl (C=O) groups is 1. The number of carbonyl (C=O) groups excluding carboxylic acids is 1. The van der Waals surface area contributed by atoms with Crippen LogP contribution in [-0.2, 0) is 15.7 Å². The van der Waals surface area contributed by atoms with Crippen LogP contribution >= 0.6 is 23.7 Å². The van der Waals surface area contributed by atoms with Crippen LogP contribution < -0.4 is 10.2 Å². The predicted molar refractivity (Wildman–Crippen MR) is 88.2 cm³/mol. The first-order valence-electron chi connectivity index (χ1n) is 7.68. The summed E-state index contributed by atoms with van der Waals surface area (Å²) < 4.78 is 43.1. The molecular weight excluding hydrogens is 383 g/mol. The second-order valence-electron chi connectivity index (χ2n) is 5.69. The Morgan fingerprint density at radius 3 is 2.56 bits per heavy atom. The van der Waals surface area contributed by atoms with Crippen molar-refractivity contribution in [2.45, 2.75) is 18.6 Å². The van der Waals surface area contributed by atoms with Gasteiger partial charge in [-0.1, -0.05) is 11.3 Å². The van der Waals surface area contributed by atoms with E-state index in [2.05, 4.69) is 15.5 Å². The summed E-state index contributed by atoms with van der Waals surface area (Å²) in [6.07, 6.45) is -4.10. The number of hydrogen-bond acceptors (Lipinski definition) is 7. The van der Waals surface area contributed by atoms with Crippen LogP contribution in [0.5, 0.6) is 0 Å². The van der Waals surface area contributed by atoms with Crippen molar-refractivity contribution in [3.05, 3.63) is 5.01 Å². The molecule has 3 heterocycles. The average Bonchev–Trinajstić information content (AvgIpc) is 3.06. The number of piperazine rings is 1. The van der Waals surface area contributed by atoms with Crippen molar-refractivity contribution in [1.82, 2.24) is 20.4 Å². The molecule has 1 amide bonds. The van der Waals surface area contributed by atoms with Crippen molar-refractivity contribution >= 4 is 34.8 Å². The number of anilines is 1. The van der Waals surface area contributed by atoms with E-state index in [1.165, 1.54) is 0 Å². The maximum Gasteiger partial charge on any atom is 0.445 e. The highest BCUT2D eigenvalue weighted by molar-refractivity contribution is 7.15. The summed E-state index contributed by atoms with van der Waals surface area (Å²) in [6.45, 7) is 3.76. The Kier molecular flexibility index (Phi) is 6.83. The lowest BCUT2D eigenvalue weighted by atomic mass is 10.1. The lowest BCUT2D eigenvalue weighted by molar-refractivity contribution is -0.138. The molecule has 1 N–H and O–H groups in total. The Bertz CT molecular complexity index is 574. The van der Waals surface area contributed by atoms with Gasteiger partial charge in [0.1, 0.15) is 0 Å². The van der Waals surface area contributed by atoms with Gasteiger partial charge in [0.15, 0.2) is 0 Å². The fraction of sp³-hybridized carbons (Fsp3) is 0.769. The first-order valence-corrected chi connectivity index (χ1v) is 8.49. The zero-order valence-electron chi connectivity index (χ0n) is 13.3. The maximum absolute atomic E-state index is 12.6. The van der Waals surface area contributed by atoms with Gasteiger partial charge < -0.3 is 19.9 Å². The van der Waals surface area contributed by atoms with Gasteiger partial charge in [-0.05, 0) is 0 Å². The molecule has 2 fully saturated rings. The molecule has 1 aromatic heterocycles. The van der Waals surface area contributed by atoms with Crippen molar-refractivity contribution in [2.24, 2.45) is 0 Å². The van der Waals surface area contributed by atoms with Gasteiger partial charge in [0, 0.05) is 45.2 Å². The van der Waals surface area contributed by atoms with E-state index in [-0.39, 0.29) is 29.5 Å². The molecule has 0 aromatic carbocycles. The highest BCUT2D eigenvalue weighted by Gasteiger charge is 2.36. The number of amides is 1. The van der Waals surface area contributed by atoms with Gasteiger partial charge in [-0.15, -0.1) is 22.6 Å². The van der Waals surface area contributed by atoms with E-state index in [4.69, 9.17) is 4.74 Å². The van der Waals surface area contributed by atoms with E-state index >= 15 is 0 Å².